The standard InChI is InChI=1S/C18H29NO11S3/c20-18(30-16-17-7-2-1-3-8-17)15-19(9-4-12-31(21,22)23,10-5-13-32(24,25)26)11-6-14-33(27,28)29/h1-3,7-8H,4-6,9-16H2,(H2-,21,22,23,24,25,26,27,28,29). The van der Waals surface area contributed by atoms with E-state index in [0.29, 0.717) is 5.56 Å². The number of quaternary nitrogens is 1. The van der Waals surface area contributed by atoms with Gasteiger partial charge < -0.3 is 13.8 Å². The van der Waals surface area contributed by atoms with Crippen molar-refractivity contribution in [2.45, 2.75) is 25.9 Å². The molecule has 0 fully saturated rings. The van der Waals surface area contributed by atoms with Gasteiger partial charge in [-0.1, -0.05) is 30.3 Å². The number of benzene rings is 1. The number of rotatable bonds is 16. The van der Waals surface area contributed by atoms with E-state index in [1.54, 1.807) is 30.3 Å². The van der Waals surface area contributed by atoms with Crippen molar-refractivity contribution in [3.63, 3.8) is 0 Å². The summed E-state index contributed by atoms with van der Waals surface area (Å²) in [6.45, 7) is -0.582. The highest BCUT2D eigenvalue weighted by molar-refractivity contribution is 7.86. The maximum Gasteiger partial charge on any atom is 0.362 e. The molecule has 0 saturated carbocycles. The number of carbonyl (C=O) groups is 1. The van der Waals surface area contributed by atoms with Crippen molar-refractivity contribution in [1.82, 2.24) is 0 Å². The smallest absolute Gasteiger partial charge is 0.362 e. The van der Waals surface area contributed by atoms with E-state index < -0.39 is 53.6 Å². The Hall–Kier alpha value is -1.62. The van der Waals surface area contributed by atoms with Crippen molar-refractivity contribution in [2.75, 3.05) is 43.4 Å². The third-order valence-electron chi connectivity index (χ3n) is 4.80. The lowest BCUT2D eigenvalue weighted by Crippen LogP contribution is -2.54. The van der Waals surface area contributed by atoms with E-state index in [9.17, 15) is 34.6 Å². The van der Waals surface area contributed by atoms with Crippen molar-refractivity contribution in [1.29, 1.82) is 0 Å². The summed E-state index contributed by atoms with van der Waals surface area (Å²) >= 11 is 0. The number of esters is 1. The van der Waals surface area contributed by atoms with Gasteiger partial charge in [-0.25, -0.2) is 13.2 Å². The Morgan fingerprint density at radius 3 is 1.70 bits per heavy atom. The second-order valence-electron chi connectivity index (χ2n) is 7.71. The van der Waals surface area contributed by atoms with E-state index in [0.717, 1.165) is 0 Å². The predicted molar refractivity (Wildman–Crippen MR) is 117 cm³/mol. The molecule has 0 saturated heterocycles. The Morgan fingerprint density at radius 1 is 0.818 bits per heavy atom. The zero-order valence-electron chi connectivity index (χ0n) is 17.9. The lowest BCUT2D eigenvalue weighted by Gasteiger charge is -2.38. The zero-order chi connectivity index (χ0) is 25.2. The summed E-state index contributed by atoms with van der Waals surface area (Å²) in [4.78, 5) is 12.6. The third kappa shape index (κ3) is 15.0. The number of hydrogen-bond acceptors (Lipinski definition) is 9. The molecule has 33 heavy (non-hydrogen) atoms. The fraction of sp³-hybridized carbons (Fsp3) is 0.611. The molecule has 0 unspecified atom stereocenters. The van der Waals surface area contributed by atoms with Crippen LogP contribution in [0.2, 0.25) is 0 Å². The summed E-state index contributed by atoms with van der Waals surface area (Å²) in [5, 5.41) is 0. The lowest BCUT2D eigenvalue weighted by atomic mass is 10.2. The molecular formula is C18H29NO11S3. The molecule has 2 N–H and O–H groups in total. The molecule has 15 heteroatoms. The van der Waals surface area contributed by atoms with Crippen molar-refractivity contribution >= 4 is 36.3 Å². The summed E-state index contributed by atoms with van der Waals surface area (Å²) < 4.78 is 100. The molecule has 0 heterocycles. The van der Waals surface area contributed by atoms with Gasteiger partial charge >= 0.3 is 5.97 Å². The number of ether oxygens (including phenoxy) is 1. The summed E-state index contributed by atoms with van der Waals surface area (Å²) in [5.41, 5.74) is 0.708. The molecule has 0 amide bonds. The summed E-state index contributed by atoms with van der Waals surface area (Å²) in [5.74, 6) is -2.71. The van der Waals surface area contributed by atoms with Crippen LogP contribution in [-0.4, -0.2) is 92.8 Å². The normalized spacial score (nSPS) is 13.1. The Morgan fingerprint density at radius 2 is 1.27 bits per heavy atom. The molecule has 0 aliphatic heterocycles. The van der Waals surface area contributed by atoms with Crippen LogP contribution in [0.4, 0.5) is 0 Å². The molecule has 0 aliphatic rings. The van der Waals surface area contributed by atoms with Gasteiger partial charge in [0, 0.05) is 25.0 Å². The quantitative estimate of drug-likeness (QED) is 0.166. The Kier molecular flexibility index (Phi) is 11.3. The topological polar surface area (TPSA) is 192 Å². The highest BCUT2D eigenvalue weighted by Crippen LogP contribution is 2.15. The molecule has 0 bridgehead atoms. The van der Waals surface area contributed by atoms with Gasteiger partial charge in [0.2, 0.25) is 0 Å². The van der Waals surface area contributed by atoms with Gasteiger partial charge in [0.1, 0.15) is 6.61 Å². The summed E-state index contributed by atoms with van der Waals surface area (Å²) in [6, 6.07) is 8.73. The van der Waals surface area contributed by atoms with Gasteiger partial charge in [0.25, 0.3) is 20.2 Å². The Balaban J connectivity index is 3.02. The monoisotopic (exact) mass is 531 g/mol. The van der Waals surface area contributed by atoms with E-state index in [1.807, 2.05) is 0 Å². The van der Waals surface area contributed by atoms with Crippen LogP contribution in [0.15, 0.2) is 30.3 Å². The largest absolute Gasteiger partial charge is 0.748 e. The molecule has 1 aromatic rings. The molecule has 190 valence electrons. The van der Waals surface area contributed by atoms with Gasteiger partial charge in [-0.2, -0.15) is 16.8 Å². The molecule has 0 atom stereocenters. The first-order valence-corrected chi connectivity index (χ1v) is 14.8. The average Bonchev–Trinajstić information content (AvgIpc) is 2.64. The second-order valence-corrected chi connectivity index (χ2v) is 12.4. The molecule has 1 aromatic carbocycles. The van der Waals surface area contributed by atoms with Crippen LogP contribution in [0.1, 0.15) is 24.8 Å². The fourth-order valence-corrected chi connectivity index (χ4v) is 4.84. The van der Waals surface area contributed by atoms with Crippen LogP contribution in [0.5, 0.6) is 0 Å². The minimum Gasteiger partial charge on any atom is -0.748 e. The van der Waals surface area contributed by atoms with Gasteiger partial charge in [-0.05, 0) is 5.56 Å². The van der Waals surface area contributed by atoms with Gasteiger partial charge in [-0.3, -0.25) is 9.11 Å². The van der Waals surface area contributed by atoms with Crippen molar-refractivity contribution in [2.24, 2.45) is 0 Å². The van der Waals surface area contributed by atoms with Crippen LogP contribution in [-0.2, 0) is 46.5 Å². The number of nitrogens with zero attached hydrogens (tertiary/aromatic N) is 1. The van der Waals surface area contributed by atoms with Crippen LogP contribution in [0.3, 0.4) is 0 Å². The zero-order valence-corrected chi connectivity index (χ0v) is 20.4. The van der Waals surface area contributed by atoms with Crippen LogP contribution < -0.4 is 0 Å². The van der Waals surface area contributed by atoms with Crippen LogP contribution in [0, 0.1) is 0 Å². The fourth-order valence-electron chi connectivity index (χ4n) is 3.37. The molecular weight excluding hydrogens is 502 g/mol. The molecule has 0 aliphatic carbocycles. The van der Waals surface area contributed by atoms with E-state index >= 15 is 0 Å². The minimum atomic E-state index is -4.56. The Bertz CT molecular complexity index is 976. The SMILES string of the molecule is O=C(C[N+](CCCS(=O)(=O)[O-])(CCCS(=O)(=O)O)CCCS(=O)(=O)O)OCc1ccccc1. The first-order chi connectivity index (χ1) is 15.1. The van der Waals surface area contributed by atoms with Crippen molar-refractivity contribution in [3.8, 4) is 0 Å². The molecule has 12 nitrogen and oxygen atoms in total. The van der Waals surface area contributed by atoms with Crippen molar-refractivity contribution in [3.05, 3.63) is 35.9 Å². The molecule has 0 spiro atoms. The first kappa shape index (κ1) is 29.4. The average molecular weight is 532 g/mol. The summed E-state index contributed by atoms with van der Waals surface area (Å²) in [7, 11) is -13.2. The Labute approximate surface area is 194 Å². The number of hydrogen-bond donors (Lipinski definition) is 2. The third-order valence-corrected chi connectivity index (χ3v) is 7.20. The van der Waals surface area contributed by atoms with E-state index in [-0.39, 0.29) is 56.5 Å². The van der Waals surface area contributed by atoms with Gasteiger partial charge in [-0.15, -0.1) is 0 Å². The lowest BCUT2D eigenvalue weighted by molar-refractivity contribution is -0.921. The molecule has 1 rings (SSSR count). The first-order valence-electron chi connectivity index (χ1n) is 9.98. The van der Waals surface area contributed by atoms with E-state index in [2.05, 4.69) is 0 Å². The van der Waals surface area contributed by atoms with Crippen LogP contribution >= 0.6 is 0 Å². The van der Waals surface area contributed by atoms with E-state index in [1.165, 1.54) is 0 Å². The minimum absolute atomic E-state index is 0.0509. The highest BCUT2D eigenvalue weighted by atomic mass is 32.2. The maximum atomic E-state index is 12.6. The van der Waals surface area contributed by atoms with E-state index in [4.69, 9.17) is 13.8 Å². The predicted octanol–water partition coefficient (Wildman–Crippen LogP) is 0.0377. The number of carbonyl (C=O) groups excluding carboxylic acids is 1. The van der Waals surface area contributed by atoms with Crippen molar-refractivity contribution < 1.29 is 52.9 Å². The van der Waals surface area contributed by atoms with Gasteiger partial charge in [0.05, 0.1) is 41.3 Å². The van der Waals surface area contributed by atoms with Gasteiger partial charge in [0.15, 0.2) is 6.54 Å². The maximum absolute atomic E-state index is 12.6. The molecule has 0 aromatic heterocycles. The molecule has 0 radical (unpaired) electrons. The highest BCUT2D eigenvalue weighted by Gasteiger charge is 2.32. The second kappa shape index (κ2) is 12.7. The van der Waals surface area contributed by atoms with Crippen LogP contribution in [0.25, 0.3) is 0 Å². The summed E-state index contributed by atoms with van der Waals surface area (Å²) in [6.07, 6.45) is -0.419.